The number of hydrogen-bond donors (Lipinski definition) is 1. The van der Waals surface area contributed by atoms with Crippen molar-refractivity contribution in [2.75, 3.05) is 7.11 Å². The fraction of sp³-hybridized carbons (Fsp3) is 0.265. The van der Waals surface area contributed by atoms with Crippen LogP contribution >= 0.6 is 63.0 Å². The molecule has 334 valence electrons. The molecule has 1 saturated carbocycles. The zero-order chi connectivity index (χ0) is 49.3. The molecule has 0 spiro atoms. The van der Waals surface area contributed by atoms with E-state index in [4.69, 9.17) is 70.9 Å². The zero-order valence-corrected chi connectivity index (χ0v) is 44.2. The Bertz CT molecular complexity index is 1910. The Hall–Kier alpha value is -3.62. The zero-order valence-electron chi connectivity index (χ0n) is 36.1. The van der Waals surface area contributed by atoms with E-state index in [1.807, 2.05) is 72.4 Å². The summed E-state index contributed by atoms with van der Waals surface area (Å²) in [6.07, 6.45) is 18.6. The fourth-order valence-corrected chi connectivity index (χ4v) is 15.2. The van der Waals surface area contributed by atoms with Crippen molar-refractivity contribution in [3.8, 4) is 30.8 Å². The molecule has 0 aromatic heterocycles. The molecule has 15 heteroatoms. The number of terminal acetylenes is 2. The van der Waals surface area contributed by atoms with Gasteiger partial charge in [-0.1, -0.05) is 154 Å². The van der Waals surface area contributed by atoms with Crippen molar-refractivity contribution < 1.29 is 54.0 Å². The molecular weight excluding hydrogens is 1090 g/mol. The Morgan fingerprint density at radius 2 is 0.922 bits per heavy atom. The second kappa shape index (κ2) is 53.7. The molecule has 4 aromatic rings. The van der Waals surface area contributed by atoms with Gasteiger partial charge >= 0.3 is 56.5 Å². The summed E-state index contributed by atoms with van der Waals surface area (Å²) < 4.78 is 53.1. The van der Waals surface area contributed by atoms with Gasteiger partial charge in [0, 0.05) is 69.0 Å². The van der Waals surface area contributed by atoms with E-state index in [9.17, 15) is 4.57 Å². The average molecular weight is 1140 g/mol. The van der Waals surface area contributed by atoms with Crippen LogP contribution in [0.15, 0.2) is 121 Å². The van der Waals surface area contributed by atoms with Gasteiger partial charge in [0.1, 0.15) is 22.5 Å². The van der Waals surface area contributed by atoms with E-state index >= 15 is 0 Å². The molecule has 8 nitrogen and oxygen atoms in total. The molecule has 1 aliphatic rings. The maximum atomic E-state index is 13.9. The van der Waals surface area contributed by atoms with Crippen LogP contribution in [0.25, 0.3) is 0 Å². The molecule has 0 saturated heterocycles. The van der Waals surface area contributed by atoms with Gasteiger partial charge in [-0.2, -0.15) is 5.26 Å². The topological polar surface area (TPSA) is 161 Å². The normalized spacial score (nSPS) is 10.0. The van der Waals surface area contributed by atoms with E-state index in [0.29, 0.717) is 15.6 Å². The van der Waals surface area contributed by atoms with Crippen LogP contribution in [-0.4, -0.2) is 30.6 Å². The van der Waals surface area contributed by atoms with E-state index in [2.05, 4.69) is 120 Å². The van der Waals surface area contributed by atoms with E-state index in [0.717, 1.165) is 40.9 Å². The minimum absolute atomic E-state index is 0. The number of benzene rings is 4. The van der Waals surface area contributed by atoms with Crippen LogP contribution in [-0.2, 0) is 48.9 Å². The maximum Gasteiger partial charge on any atom is 0 e. The first-order valence-electron chi connectivity index (χ1n) is 18.5. The summed E-state index contributed by atoms with van der Waals surface area (Å²) in [6.45, 7) is 28.2. The summed E-state index contributed by atoms with van der Waals surface area (Å²) in [5.41, 5.74) is 0. The summed E-state index contributed by atoms with van der Waals surface area (Å²) >= 11 is 14.8. The van der Waals surface area contributed by atoms with E-state index in [1.54, 1.807) is 6.07 Å². The van der Waals surface area contributed by atoms with Crippen molar-refractivity contribution in [3.63, 3.8) is 0 Å². The first kappa shape index (κ1) is 72.0. The molecule has 2 unspecified atom stereocenters. The first-order chi connectivity index (χ1) is 30.7. The van der Waals surface area contributed by atoms with Gasteiger partial charge < -0.3 is 9.67 Å². The summed E-state index contributed by atoms with van der Waals surface area (Å²) in [4.78, 5) is 0. The Labute approximate surface area is 417 Å². The molecule has 0 amide bonds. The van der Waals surface area contributed by atoms with Crippen molar-refractivity contribution >= 4 is 92.1 Å². The third kappa shape index (κ3) is 33.8. The Kier molecular flexibility index (Phi) is 60.4. The van der Waals surface area contributed by atoms with Crippen LogP contribution < -0.4 is 21.2 Å². The molecular formula is C49H52NO7P2S4W+. The number of thioether (sulfide) groups is 2. The van der Waals surface area contributed by atoms with E-state index in [-0.39, 0.29) is 26.3 Å². The molecule has 1 N–H and O–H groups in total. The van der Waals surface area contributed by atoms with E-state index in [1.165, 1.54) is 48.6 Å². The Balaban J connectivity index is -0.000000190. The second-order valence-corrected chi connectivity index (χ2v) is 22.2. The fourth-order valence-electron chi connectivity index (χ4n) is 4.43. The molecule has 1 aliphatic carbocycles. The number of aliphatic hydroxyl groups is 1. The molecule has 5 rings (SSSR count). The minimum Gasteiger partial charge on any atom is 0 e. The number of nitriles is 1. The van der Waals surface area contributed by atoms with Gasteiger partial charge in [0.2, 0.25) is 0 Å². The third-order valence-electron chi connectivity index (χ3n) is 7.18. The second-order valence-electron chi connectivity index (χ2n) is 11.6. The van der Waals surface area contributed by atoms with Crippen LogP contribution in [0.2, 0.25) is 0 Å². The van der Waals surface area contributed by atoms with Crippen LogP contribution in [0.1, 0.15) is 65.7 Å². The minimum atomic E-state index is -2.96. The number of rotatable bonds is 12. The van der Waals surface area contributed by atoms with Crippen molar-refractivity contribution in [2.24, 2.45) is 0 Å². The monoisotopic (exact) mass is 1140 g/mol. The summed E-state index contributed by atoms with van der Waals surface area (Å²) in [5, 5.41) is 19.3. The molecule has 64 heavy (non-hydrogen) atoms. The Morgan fingerprint density at radius 3 is 1.19 bits per heavy atom. The first-order valence-corrected chi connectivity index (χ1v) is 24.3. The molecule has 4 aromatic carbocycles. The third-order valence-corrected chi connectivity index (χ3v) is 17.7. The van der Waals surface area contributed by atoms with E-state index < -0.39 is 15.1 Å². The summed E-state index contributed by atoms with van der Waals surface area (Å²) in [7, 11) is -3.01. The molecule has 2 atom stereocenters. The number of hydrogen-bond acceptors (Lipinski definition) is 7. The molecule has 0 radical (unpaired) electrons. The van der Waals surface area contributed by atoms with Crippen molar-refractivity contribution in [1.82, 2.24) is 0 Å². The molecule has 0 aliphatic heterocycles. The molecule has 0 bridgehead atoms. The van der Waals surface area contributed by atoms with Gasteiger partial charge in [-0.05, 0) is 49.3 Å². The van der Waals surface area contributed by atoms with Gasteiger partial charge in [0.25, 0.3) is 0 Å². The van der Waals surface area contributed by atoms with Crippen LogP contribution in [0.3, 0.4) is 0 Å². The predicted molar refractivity (Wildman–Crippen MR) is 269 cm³/mol. The van der Waals surface area contributed by atoms with Crippen LogP contribution in [0.4, 0.5) is 0 Å². The van der Waals surface area contributed by atoms with Gasteiger partial charge in [-0.15, -0.1) is 36.4 Å². The van der Waals surface area contributed by atoms with Gasteiger partial charge in [-0.3, -0.25) is 0 Å². The maximum absolute atomic E-state index is 13.9. The number of nitrogens with zero attached hydrogens (tertiary/aromatic N) is 1. The van der Waals surface area contributed by atoms with Crippen molar-refractivity contribution in [1.29, 1.82) is 5.26 Å². The largest absolute Gasteiger partial charge is 0 e. The average Bonchev–Trinajstić information content (AvgIpc) is 4.26. The van der Waals surface area contributed by atoms with Crippen molar-refractivity contribution in [3.05, 3.63) is 155 Å². The van der Waals surface area contributed by atoms with Crippen LogP contribution in [0, 0.1) is 69.3 Å². The number of aliphatic hydroxyl groups excluding tert-OH is 1. The SMILES string of the molecule is C#CCCC(C)SC(=S)P(=O)(c1ccccc1)c1ccccc1.C#CCCC(C)SC(=S)[PH+](c1ccccc1)c1ccccc1.C1CC1.CC#N.CO.[C-]#[O+].[C-]#[O+].[C-]#[O+].[C-]#[O+].[C-]#[O+].[W]. The van der Waals surface area contributed by atoms with Gasteiger partial charge in [-0.25, -0.2) is 0 Å². The number of thiocarbonyl (C=S) groups is 2. The van der Waals surface area contributed by atoms with Gasteiger partial charge in [0.05, 0.1) is 6.07 Å². The van der Waals surface area contributed by atoms with Gasteiger partial charge in [0.15, 0.2) is 11.1 Å². The summed E-state index contributed by atoms with van der Waals surface area (Å²) in [5.74, 6) is 5.36. The quantitative estimate of drug-likeness (QED) is 0.0486. The smallest absolute Gasteiger partial charge is 0 e. The standard InChI is InChI=1S/C19H19OPS2.C19H19PS2.C3H6.C2H3N.CH4O.5CO.W/c1-3-4-11-16(2)23-19(22)21(20,17-12-7-5-8-13-17)18-14-9-6-10-15-18;1-3-4-11-16(2)22-19(21)20(17-12-7-5-8-13-17)18-14-9-6-10-15-18;1-2-3-1;1-2-3;6*1-2;/h1,5-10,12-16H,4,11H2,2H3;1,5-10,12-16H,4,11H2,2H3;1-3H2;1H3;2H,1H3;;;;;;/p+1. The van der Waals surface area contributed by atoms with Crippen LogP contribution in [0.5, 0.6) is 0 Å². The molecule has 1 fully saturated rings. The predicted octanol–water partition coefficient (Wildman–Crippen LogP) is 10.6. The summed E-state index contributed by atoms with van der Waals surface area (Å²) in [6, 6.07) is 42.1. The van der Waals surface area contributed by atoms with Crippen molar-refractivity contribution in [2.45, 2.75) is 76.2 Å². The Morgan fingerprint density at radius 1 is 0.656 bits per heavy atom. The molecule has 0 heterocycles.